The number of nitrogens with zero attached hydrogens (tertiary/aromatic N) is 1. The Balaban J connectivity index is 2.72. The molecule has 1 heteroatoms. The second-order valence-electron chi connectivity index (χ2n) is 8.11. The van der Waals surface area contributed by atoms with Crippen LogP contribution in [-0.4, -0.2) is 0 Å². The van der Waals surface area contributed by atoms with Crippen LogP contribution in [0.4, 0.5) is 5.69 Å². The first kappa shape index (κ1) is 22.7. The number of allylic oxidation sites excluding steroid dienone is 3. The first-order valence-electron chi connectivity index (χ1n) is 10.7. The van der Waals surface area contributed by atoms with Gasteiger partial charge in [-0.2, -0.15) is 0 Å². The maximum Gasteiger partial charge on any atom is 0.0533 e. The van der Waals surface area contributed by atoms with Gasteiger partial charge in [0.1, 0.15) is 0 Å². The number of anilines is 1. The monoisotopic (exact) mass is 387 g/mol. The molecule has 0 spiro atoms. The van der Waals surface area contributed by atoms with Gasteiger partial charge in [0.15, 0.2) is 0 Å². The van der Waals surface area contributed by atoms with Gasteiger partial charge in [0, 0.05) is 17.0 Å². The lowest BCUT2D eigenvalue weighted by Crippen LogP contribution is -2.20. The zero-order chi connectivity index (χ0) is 21.7. The molecule has 2 rings (SSSR count). The van der Waals surface area contributed by atoms with Crippen LogP contribution in [-0.2, 0) is 6.42 Å². The van der Waals surface area contributed by atoms with E-state index in [1.807, 2.05) is 0 Å². The molecular weight excluding hydrogens is 350 g/mol. The summed E-state index contributed by atoms with van der Waals surface area (Å²) >= 11 is 0. The van der Waals surface area contributed by atoms with Crippen LogP contribution < -0.4 is 4.90 Å². The maximum absolute atomic E-state index is 4.33. The quantitative estimate of drug-likeness (QED) is 0.461. The molecule has 0 N–H and O–H groups in total. The van der Waals surface area contributed by atoms with E-state index in [9.17, 15) is 0 Å². The van der Waals surface area contributed by atoms with Crippen molar-refractivity contribution in [3.05, 3.63) is 88.1 Å². The molecular formula is C28H37N. The van der Waals surface area contributed by atoms with E-state index in [2.05, 4.69) is 115 Å². The molecule has 0 atom stereocenters. The summed E-state index contributed by atoms with van der Waals surface area (Å²) in [5.41, 5.74) is 11.3. The van der Waals surface area contributed by atoms with E-state index in [0.717, 1.165) is 12.1 Å². The van der Waals surface area contributed by atoms with E-state index in [0.29, 0.717) is 5.92 Å². The molecule has 0 aromatic heterocycles. The molecule has 2 aromatic carbocycles. The van der Waals surface area contributed by atoms with Crippen LogP contribution in [0, 0.1) is 13.8 Å². The molecule has 0 aliphatic rings. The highest BCUT2D eigenvalue weighted by atomic mass is 15.2. The normalized spacial score (nSPS) is 12.1. The minimum atomic E-state index is 0.501. The van der Waals surface area contributed by atoms with Gasteiger partial charge >= 0.3 is 0 Å². The summed E-state index contributed by atoms with van der Waals surface area (Å²) in [5, 5.41) is 0. The topological polar surface area (TPSA) is 3.24 Å². The number of benzene rings is 2. The minimum Gasteiger partial charge on any atom is -0.314 e. The second kappa shape index (κ2) is 9.78. The highest BCUT2D eigenvalue weighted by Gasteiger charge is 2.19. The summed E-state index contributed by atoms with van der Waals surface area (Å²) in [5.74, 6) is 0.501. The lowest BCUT2D eigenvalue weighted by Gasteiger charge is -2.31. The average molecular weight is 388 g/mol. The van der Waals surface area contributed by atoms with Gasteiger partial charge in [-0.15, -0.1) is 0 Å². The molecule has 0 aliphatic heterocycles. The molecule has 0 aliphatic carbocycles. The Morgan fingerprint density at radius 3 is 2.31 bits per heavy atom. The fraction of sp³-hybridized carbons (Fsp3) is 0.357. The summed E-state index contributed by atoms with van der Waals surface area (Å²) in [7, 11) is 0. The van der Waals surface area contributed by atoms with Gasteiger partial charge in [0.05, 0.1) is 5.69 Å². The molecule has 29 heavy (non-hydrogen) atoms. The van der Waals surface area contributed by atoms with Crippen LogP contribution in [0.1, 0.15) is 80.8 Å². The molecule has 0 saturated carbocycles. The van der Waals surface area contributed by atoms with Crippen LogP contribution in [0.2, 0.25) is 0 Å². The van der Waals surface area contributed by atoms with Crippen molar-refractivity contribution in [3.8, 4) is 0 Å². The maximum atomic E-state index is 4.33. The molecule has 0 bridgehead atoms. The van der Waals surface area contributed by atoms with Gasteiger partial charge in [-0.25, -0.2) is 0 Å². The van der Waals surface area contributed by atoms with Crippen LogP contribution in [0.15, 0.2) is 54.8 Å². The Bertz CT molecular complexity index is 941. The van der Waals surface area contributed by atoms with Crippen LogP contribution in [0.3, 0.4) is 0 Å². The van der Waals surface area contributed by atoms with Crippen molar-refractivity contribution in [2.45, 2.75) is 67.7 Å². The van der Waals surface area contributed by atoms with E-state index >= 15 is 0 Å². The Labute approximate surface area is 178 Å². The van der Waals surface area contributed by atoms with Gasteiger partial charge < -0.3 is 4.90 Å². The third-order valence-electron chi connectivity index (χ3n) is 5.68. The summed E-state index contributed by atoms with van der Waals surface area (Å²) in [6.07, 6.45) is 7.59. The molecule has 0 amide bonds. The Hall–Kier alpha value is -2.54. The van der Waals surface area contributed by atoms with Crippen molar-refractivity contribution in [2.75, 3.05) is 4.90 Å². The van der Waals surface area contributed by atoms with Gasteiger partial charge in [0.2, 0.25) is 0 Å². The van der Waals surface area contributed by atoms with E-state index in [1.54, 1.807) is 0 Å². The predicted octanol–water partition coefficient (Wildman–Crippen LogP) is 8.42. The van der Waals surface area contributed by atoms with Gasteiger partial charge in [-0.1, -0.05) is 63.8 Å². The van der Waals surface area contributed by atoms with Crippen molar-refractivity contribution >= 4 is 17.5 Å². The second-order valence-corrected chi connectivity index (χ2v) is 8.11. The van der Waals surface area contributed by atoms with Gasteiger partial charge in [0.25, 0.3) is 0 Å². The lowest BCUT2D eigenvalue weighted by atomic mass is 9.92. The molecule has 0 heterocycles. The van der Waals surface area contributed by atoms with Crippen LogP contribution in [0.25, 0.3) is 11.8 Å². The molecule has 154 valence electrons. The Morgan fingerprint density at radius 2 is 1.79 bits per heavy atom. The fourth-order valence-corrected chi connectivity index (χ4v) is 3.97. The summed E-state index contributed by atoms with van der Waals surface area (Å²) in [6.45, 7) is 21.8. The molecule has 0 saturated heterocycles. The highest BCUT2D eigenvalue weighted by Crippen LogP contribution is 2.36. The van der Waals surface area contributed by atoms with Gasteiger partial charge in [-0.05, 0) is 86.9 Å². The predicted molar refractivity (Wildman–Crippen MR) is 131 cm³/mol. The third kappa shape index (κ3) is 4.72. The van der Waals surface area contributed by atoms with Crippen molar-refractivity contribution in [1.82, 2.24) is 0 Å². The Morgan fingerprint density at radius 1 is 1.10 bits per heavy atom. The molecule has 0 unspecified atom stereocenters. The van der Waals surface area contributed by atoms with E-state index in [-0.39, 0.29) is 0 Å². The number of aryl methyl sites for hydroxylation is 2. The zero-order valence-electron chi connectivity index (χ0n) is 19.6. The average Bonchev–Trinajstić information content (AvgIpc) is 2.69. The largest absolute Gasteiger partial charge is 0.314 e. The molecule has 1 nitrogen and oxygen atoms in total. The molecule has 2 aromatic rings. The summed E-state index contributed by atoms with van der Waals surface area (Å²) < 4.78 is 0. The summed E-state index contributed by atoms with van der Waals surface area (Å²) in [6, 6.07) is 11.3. The van der Waals surface area contributed by atoms with Crippen molar-refractivity contribution in [3.63, 3.8) is 0 Å². The van der Waals surface area contributed by atoms with Crippen molar-refractivity contribution < 1.29 is 0 Å². The minimum absolute atomic E-state index is 0.501. The third-order valence-corrected chi connectivity index (χ3v) is 5.68. The highest BCUT2D eigenvalue weighted by molar-refractivity contribution is 5.87. The first-order valence-corrected chi connectivity index (χ1v) is 10.7. The van der Waals surface area contributed by atoms with E-state index < -0.39 is 0 Å². The first-order chi connectivity index (χ1) is 13.8. The van der Waals surface area contributed by atoms with Crippen molar-refractivity contribution in [2.24, 2.45) is 0 Å². The van der Waals surface area contributed by atoms with Crippen molar-refractivity contribution in [1.29, 1.82) is 0 Å². The number of rotatable bonds is 7. The van der Waals surface area contributed by atoms with Crippen LogP contribution in [0.5, 0.6) is 0 Å². The number of hydrogen-bond donors (Lipinski definition) is 0. The molecule has 0 fully saturated rings. The lowest BCUT2D eigenvalue weighted by molar-refractivity contribution is 0.843. The molecule has 0 radical (unpaired) electrons. The van der Waals surface area contributed by atoms with E-state index in [4.69, 9.17) is 0 Å². The zero-order valence-corrected chi connectivity index (χ0v) is 19.6. The van der Waals surface area contributed by atoms with E-state index in [1.165, 1.54) is 44.8 Å². The smallest absolute Gasteiger partial charge is 0.0533 e. The fourth-order valence-electron chi connectivity index (χ4n) is 3.97. The number of hydrogen-bond acceptors (Lipinski definition) is 1. The van der Waals surface area contributed by atoms with Crippen LogP contribution >= 0.6 is 0 Å². The summed E-state index contributed by atoms with van der Waals surface area (Å²) in [4.78, 5) is 2.30. The SMILES string of the molecule is C=C(C)N(/C(=C\C)c1ccc(CC)c(C(C)C)c1)c1ccc(C)c(C)c1/C=C\C. The standard InChI is InChI=1S/C28H37N/c1-10-13-25-22(9)21(8)14-17-28(25)29(20(6)7)27(12-3)24-16-15-23(11-2)26(18-24)19(4)5/h10,12-19H,6,11H2,1-5,7-9H3/b13-10-,27-12-. The van der Waals surface area contributed by atoms with Gasteiger partial charge in [-0.3, -0.25) is 0 Å². The Kier molecular flexibility index (Phi) is 7.67.